The Balaban J connectivity index is 1.89. The lowest BCUT2D eigenvalue weighted by Crippen LogP contribution is -2.02. The summed E-state index contributed by atoms with van der Waals surface area (Å²) in [5, 5.41) is 9.49. The molecule has 18 heavy (non-hydrogen) atoms. The van der Waals surface area contributed by atoms with Crippen LogP contribution in [0.1, 0.15) is 25.1 Å². The fraction of sp³-hybridized carbons (Fsp3) is 0.417. The molecule has 3 rings (SSSR count). The molecule has 0 aromatic carbocycles. The van der Waals surface area contributed by atoms with E-state index in [1.807, 2.05) is 6.07 Å². The number of nitrogens with two attached hydrogens (primary N) is 1. The number of aryl methyl sites for hydroxylation is 1. The molecule has 0 aliphatic carbocycles. The second kappa shape index (κ2) is 4.97. The molecule has 1 aliphatic heterocycles. The maximum atomic E-state index is 5.90. The van der Waals surface area contributed by atoms with Gasteiger partial charge in [0.15, 0.2) is 5.16 Å². The molecule has 0 bridgehead atoms. The number of hydrogen-bond donors (Lipinski definition) is 1. The lowest BCUT2D eigenvalue weighted by Gasteiger charge is -2.07. The molecule has 3 heterocycles. The second-order valence-corrected chi connectivity index (χ2v) is 5.39. The molecule has 0 saturated heterocycles. The van der Waals surface area contributed by atoms with Gasteiger partial charge in [-0.2, -0.15) is 0 Å². The predicted molar refractivity (Wildman–Crippen MR) is 70.3 cm³/mol. The molecule has 5 nitrogen and oxygen atoms in total. The van der Waals surface area contributed by atoms with Gasteiger partial charge in [0.1, 0.15) is 5.82 Å². The van der Waals surface area contributed by atoms with E-state index in [0.29, 0.717) is 5.69 Å². The number of anilines is 1. The highest BCUT2D eigenvalue weighted by Gasteiger charge is 2.16. The van der Waals surface area contributed by atoms with E-state index in [1.165, 1.54) is 19.3 Å². The monoisotopic (exact) mass is 261 g/mol. The smallest absolute Gasteiger partial charge is 0.196 e. The Bertz CT molecular complexity index is 551. The average molecular weight is 261 g/mol. The number of nitrogen functional groups attached to an aromatic ring is 1. The molecule has 0 radical (unpaired) electrons. The molecule has 6 heteroatoms. The Morgan fingerprint density at radius 1 is 1.22 bits per heavy atom. The van der Waals surface area contributed by atoms with Crippen LogP contribution in [0.15, 0.2) is 28.5 Å². The van der Waals surface area contributed by atoms with Crippen LogP contribution in [0.4, 0.5) is 5.69 Å². The minimum atomic E-state index is 0.688. The molecule has 2 aromatic heterocycles. The standard InChI is InChI=1S/C12H15N5S/c13-9-8-14-6-5-10(9)18-12-16-15-11-4-2-1-3-7-17(11)12/h5-6,8H,1-4,7,13H2. The van der Waals surface area contributed by atoms with Gasteiger partial charge in [-0.1, -0.05) is 6.42 Å². The Hall–Kier alpha value is -1.56. The molecule has 0 saturated carbocycles. The van der Waals surface area contributed by atoms with Gasteiger partial charge >= 0.3 is 0 Å². The summed E-state index contributed by atoms with van der Waals surface area (Å²) in [7, 11) is 0. The molecule has 2 aromatic rings. The Morgan fingerprint density at radius 3 is 3.06 bits per heavy atom. The van der Waals surface area contributed by atoms with Crippen molar-refractivity contribution in [3.8, 4) is 0 Å². The number of aromatic nitrogens is 4. The average Bonchev–Trinajstić information content (AvgIpc) is 2.62. The van der Waals surface area contributed by atoms with E-state index in [2.05, 4.69) is 19.7 Å². The fourth-order valence-corrected chi connectivity index (χ4v) is 3.00. The number of rotatable bonds is 2. The molecular formula is C12H15N5S. The third-order valence-corrected chi connectivity index (χ3v) is 4.16. The van der Waals surface area contributed by atoms with Crippen molar-refractivity contribution in [3.05, 3.63) is 24.3 Å². The van der Waals surface area contributed by atoms with Crippen LogP contribution in [0.2, 0.25) is 0 Å². The van der Waals surface area contributed by atoms with Gasteiger partial charge in [-0.3, -0.25) is 4.98 Å². The lowest BCUT2D eigenvalue weighted by molar-refractivity contribution is 0.591. The first kappa shape index (κ1) is 11.5. The summed E-state index contributed by atoms with van der Waals surface area (Å²) in [6.45, 7) is 1.01. The Labute approximate surface area is 110 Å². The van der Waals surface area contributed by atoms with Gasteiger partial charge in [-0.15, -0.1) is 10.2 Å². The van der Waals surface area contributed by atoms with Crippen LogP contribution in [-0.2, 0) is 13.0 Å². The van der Waals surface area contributed by atoms with Crippen LogP contribution in [0.25, 0.3) is 0 Å². The number of pyridine rings is 1. The second-order valence-electron chi connectivity index (χ2n) is 4.38. The lowest BCUT2D eigenvalue weighted by atomic mass is 10.2. The summed E-state index contributed by atoms with van der Waals surface area (Å²) in [5.41, 5.74) is 6.59. The van der Waals surface area contributed by atoms with Crippen molar-refractivity contribution >= 4 is 17.4 Å². The number of hydrogen-bond acceptors (Lipinski definition) is 5. The molecule has 2 N–H and O–H groups in total. The Morgan fingerprint density at radius 2 is 2.17 bits per heavy atom. The molecule has 0 atom stereocenters. The van der Waals surface area contributed by atoms with E-state index in [0.717, 1.165) is 28.8 Å². The van der Waals surface area contributed by atoms with Crippen molar-refractivity contribution in [2.75, 3.05) is 5.73 Å². The van der Waals surface area contributed by atoms with Crippen molar-refractivity contribution in [2.45, 2.75) is 42.3 Å². The van der Waals surface area contributed by atoms with Crippen LogP contribution in [-0.4, -0.2) is 19.7 Å². The van der Waals surface area contributed by atoms with E-state index in [1.54, 1.807) is 24.2 Å². The first-order valence-corrected chi connectivity index (χ1v) is 6.95. The zero-order valence-electron chi connectivity index (χ0n) is 10.0. The van der Waals surface area contributed by atoms with Crippen molar-refractivity contribution in [1.82, 2.24) is 19.7 Å². The van der Waals surface area contributed by atoms with E-state index in [9.17, 15) is 0 Å². The highest BCUT2D eigenvalue weighted by Crippen LogP contribution is 2.31. The minimum Gasteiger partial charge on any atom is -0.397 e. The molecule has 0 unspecified atom stereocenters. The molecule has 0 spiro atoms. The third-order valence-electron chi connectivity index (χ3n) is 3.09. The zero-order chi connectivity index (χ0) is 12.4. The van der Waals surface area contributed by atoms with Crippen LogP contribution < -0.4 is 5.73 Å². The summed E-state index contributed by atoms with van der Waals surface area (Å²) < 4.78 is 2.22. The summed E-state index contributed by atoms with van der Waals surface area (Å²) in [4.78, 5) is 4.99. The maximum Gasteiger partial charge on any atom is 0.196 e. The molecule has 1 aliphatic rings. The van der Waals surface area contributed by atoms with E-state index in [4.69, 9.17) is 5.73 Å². The number of fused-ring (bicyclic) bond motifs is 1. The van der Waals surface area contributed by atoms with Gasteiger partial charge in [-0.05, 0) is 30.7 Å². The fourth-order valence-electron chi connectivity index (χ4n) is 2.12. The number of nitrogens with zero attached hydrogens (tertiary/aromatic N) is 4. The van der Waals surface area contributed by atoms with Crippen LogP contribution in [0, 0.1) is 0 Å². The SMILES string of the molecule is Nc1cnccc1Sc1nnc2n1CCCCC2. The maximum absolute atomic E-state index is 5.90. The topological polar surface area (TPSA) is 69.6 Å². The summed E-state index contributed by atoms with van der Waals surface area (Å²) in [5.74, 6) is 1.10. The normalized spacial score (nSPS) is 15.1. The Kier molecular flexibility index (Phi) is 3.19. The molecular weight excluding hydrogens is 246 g/mol. The first-order chi connectivity index (χ1) is 8.84. The zero-order valence-corrected chi connectivity index (χ0v) is 10.9. The van der Waals surface area contributed by atoms with Gasteiger partial charge in [-0.25, -0.2) is 0 Å². The first-order valence-electron chi connectivity index (χ1n) is 6.14. The largest absolute Gasteiger partial charge is 0.397 e. The quantitative estimate of drug-likeness (QED) is 0.896. The summed E-state index contributed by atoms with van der Waals surface area (Å²) >= 11 is 1.57. The van der Waals surface area contributed by atoms with E-state index in [-0.39, 0.29) is 0 Å². The van der Waals surface area contributed by atoms with Gasteiger partial charge < -0.3 is 10.3 Å². The third kappa shape index (κ3) is 2.20. The van der Waals surface area contributed by atoms with Crippen molar-refractivity contribution < 1.29 is 0 Å². The molecule has 0 amide bonds. The van der Waals surface area contributed by atoms with Gasteiger partial charge in [0.05, 0.1) is 11.9 Å². The predicted octanol–water partition coefficient (Wildman–Crippen LogP) is 2.13. The van der Waals surface area contributed by atoms with Crippen LogP contribution in [0.3, 0.4) is 0 Å². The van der Waals surface area contributed by atoms with Crippen molar-refractivity contribution in [3.63, 3.8) is 0 Å². The van der Waals surface area contributed by atoms with Gasteiger partial charge in [0.25, 0.3) is 0 Å². The van der Waals surface area contributed by atoms with E-state index < -0.39 is 0 Å². The van der Waals surface area contributed by atoms with E-state index >= 15 is 0 Å². The van der Waals surface area contributed by atoms with Gasteiger partial charge in [0.2, 0.25) is 0 Å². The van der Waals surface area contributed by atoms with Crippen molar-refractivity contribution in [2.24, 2.45) is 0 Å². The summed E-state index contributed by atoms with van der Waals surface area (Å²) in [6.07, 6.45) is 8.12. The summed E-state index contributed by atoms with van der Waals surface area (Å²) in [6, 6.07) is 1.92. The van der Waals surface area contributed by atoms with Crippen LogP contribution in [0.5, 0.6) is 0 Å². The molecule has 0 fully saturated rings. The highest BCUT2D eigenvalue weighted by atomic mass is 32.2. The minimum absolute atomic E-state index is 0.688. The van der Waals surface area contributed by atoms with Crippen LogP contribution >= 0.6 is 11.8 Å². The highest BCUT2D eigenvalue weighted by molar-refractivity contribution is 7.99. The van der Waals surface area contributed by atoms with Crippen molar-refractivity contribution in [1.29, 1.82) is 0 Å². The molecule has 94 valence electrons. The van der Waals surface area contributed by atoms with Gasteiger partial charge in [0, 0.05) is 24.1 Å².